The number of rotatable bonds is 11. The zero-order chi connectivity index (χ0) is 29.4. The molecule has 4 amide bonds. The SMILES string of the molecule is COc1ccc(NC(=O)CN2C(=O)S/C(=C\c3ccc(OCC(=O)Nc4ccccc4OC)c(OC)c3)C2=O)cc1. The van der Waals surface area contributed by atoms with Gasteiger partial charge in [-0.15, -0.1) is 0 Å². The Hall–Kier alpha value is -4.97. The first-order chi connectivity index (χ1) is 19.8. The summed E-state index contributed by atoms with van der Waals surface area (Å²) in [6.45, 7) is -0.716. The molecule has 212 valence electrons. The number of thioether (sulfide) groups is 1. The van der Waals surface area contributed by atoms with Gasteiger partial charge in [-0.1, -0.05) is 18.2 Å². The lowest BCUT2D eigenvalue weighted by Gasteiger charge is -2.13. The van der Waals surface area contributed by atoms with E-state index < -0.39 is 29.5 Å². The first-order valence-electron chi connectivity index (χ1n) is 12.2. The largest absolute Gasteiger partial charge is 0.497 e. The summed E-state index contributed by atoms with van der Waals surface area (Å²) in [5.74, 6) is 0.277. The van der Waals surface area contributed by atoms with E-state index in [9.17, 15) is 19.2 Å². The number of para-hydroxylation sites is 2. The van der Waals surface area contributed by atoms with Gasteiger partial charge in [-0.3, -0.25) is 24.1 Å². The molecule has 1 saturated heterocycles. The van der Waals surface area contributed by atoms with E-state index in [1.807, 2.05) is 0 Å². The van der Waals surface area contributed by atoms with E-state index in [1.165, 1.54) is 27.4 Å². The van der Waals surface area contributed by atoms with Gasteiger partial charge in [-0.05, 0) is 71.9 Å². The van der Waals surface area contributed by atoms with Crippen LogP contribution in [0.5, 0.6) is 23.0 Å². The van der Waals surface area contributed by atoms with Crippen molar-refractivity contribution in [3.8, 4) is 23.0 Å². The predicted molar refractivity (Wildman–Crippen MR) is 154 cm³/mol. The predicted octanol–water partition coefficient (Wildman–Crippen LogP) is 4.40. The minimum Gasteiger partial charge on any atom is -0.497 e. The number of carbonyl (C=O) groups is 4. The number of benzene rings is 3. The van der Waals surface area contributed by atoms with E-state index >= 15 is 0 Å². The molecule has 0 unspecified atom stereocenters. The topological polar surface area (TPSA) is 132 Å². The van der Waals surface area contributed by atoms with Gasteiger partial charge in [0.25, 0.3) is 17.1 Å². The Morgan fingerprint density at radius 2 is 1.56 bits per heavy atom. The Morgan fingerprint density at radius 1 is 0.829 bits per heavy atom. The molecule has 0 aliphatic carbocycles. The average Bonchev–Trinajstić information content (AvgIpc) is 3.24. The van der Waals surface area contributed by atoms with Gasteiger partial charge in [-0.2, -0.15) is 0 Å². The zero-order valence-corrected chi connectivity index (χ0v) is 23.3. The summed E-state index contributed by atoms with van der Waals surface area (Å²) in [5.41, 5.74) is 1.57. The molecule has 1 heterocycles. The van der Waals surface area contributed by atoms with Crippen molar-refractivity contribution in [3.05, 3.63) is 77.2 Å². The number of methoxy groups -OCH3 is 3. The Morgan fingerprint density at radius 3 is 2.27 bits per heavy atom. The second-order valence-electron chi connectivity index (χ2n) is 8.49. The van der Waals surface area contributed by atoms with Gasteiger partial charge in [0.15, 0.2) is 18.1 Å². The summed E-state index contributed by atoms with van der Waals surface area (Å²) in [4.78, 5) is 51.3. The quantitative estimate of drug-likeness (QED) is 0.318. The second-order valence-corrected chi connectivity index (χ2v) is 9.49. The van der Waals surface area contributed by atoms with Gasteiger partial charge in [0.1, 0.15) is 18.0 Å². The van der Waals surface area contributed by atoms with Crippen LogP contribution in [0.1, 0.15) is 5.56 Å². The minimum absolute atomic E-state index is 0.152. The summed E-state index contributed by atoms with van der Waals surface area (Å²) in [6.07, 6.45) is 1.52. The molecular formula is C29H27N3O8S. The fourth-order valence-electron chi connectivity index (χ4n) is 3.78. The number of ether oxygens (including phenoxy) is 4. The number of nitrogens with zero attached hydrogens (tertiary/aromatic N) is 1. The normalized spacial score (nSPS) is 13.6. The smallest absolute Gasteiger partial charge is 0.294 e. The minimum atomic E-state index is -0.586. The van der Waals surface area contributed by atoms with Gasteiger partial charge >= 0.3 is 0 Å². The van der Waals surface area contributed by atoms with Crippen molar-refractivity contribution in [1.82, 2.24) is 4.90 Å². The van der Waals surface area contributed by atoms with Crippen molar-refractivity contribution in [1.29, 1.82) is 0 Å². The second kappa shape index (κ2) is 13.4. The van der Waals surface area contributed by atoms with Crippen LogP contribution < -0.4 is 29.6 Å². The van der Waals surface area contributed by atoms with Crippen molar-refractivity contribution >= 4 is 52.2 Å². The van der Waals surface area contributed by atoms with Crippen molar-refractivity contribution in [2.75, 3.05) is 45.1 Å². The van der Waals surface area contributed by atoms with Crippen molar-refractivity contribution < 1.29 is 38.1 Å². The number of amides is 4. The molecule has 0 radical (unpaired) electrons. The molecular weight excluding hydrogens is 550 g/mol. The van der Waals surface area contributed by atoms with Crippen LogP contribution in [0.15, 0.2) is 71.6 Å². The maximum absolute atomic E-state index is 12.9. The van der Waals surface area contributed by atoms with E-state index in [0.717, 1.165) is 16.7 Å². The molecule has 0 atom stereocenters. The molecule has 0 bridgehead atoms. The van der Waals surface area contributed by atoms with Crippen LogP contribution in [-0.4, -0.2) is 62.3 Å². The summed E-state index contributed by atoms with van der Waals surface area (Å²) < 4.78 is 21.3. The molecule has 1 aliphatic heterocycles. The van der Waals surface area contributed by atoms with Crippen LogP contribution in [0.2, 0.25) is 0 Å². The molecule has 4 rings (SSSR count). The van der Waals surface area contributed by atoms with E-state index in [1.54, 1.807) is 66.7 Å². The lowest BCUT2D eigenvalue weighted by molar-refractivity contribution is -0.127. The number of hydrogen-bond donors (Lipinski definition) is 2. The average molecular weight is 578 g/mol. The lowest BCUT2D eigenvalue weighted by atomic mass is 10.2. The maximum atomic E-state index is 12.9. The highest BCUT2D eigenvalue weighted by atomic mass is 32.2. The van der Waals surface area contributed by atoms with Gasteiger partial charge in [0, 0.05) is 5.69 Å². The number of nitrogens with one attached hydrogen (secondary N) is 2. The molecule has 0 saturated carbocycles. The molecule has 1 aliphatic rings. The first kappa shape index (κ1) is 29.0. The summed E-state index contributed by atoms with van der Waals surface area (Å²) in [5, 5.41) is 4.82. The Bertz CT molecular complexity index is 1490. The molecule has 11 nitrogen and oxygen atoms in total. The molecule has 12 heteroatoms. The monoisotopic (exact) mass is 577 g/mol. The number of carbonyl (C=O) groups excluding carboxylic acids is 4. The fraction of sp³-hybridized carbons (Fsp3) is 0.172. The Balaban J connectivity index is 1.37. The highest BCUT2D eigenvalue weighted by Gasteiger charge is 2.36. The van der Waals surface area contributed by atoms with Crippen LogP contribution in [-0.2, 0) is 14.4 Å². The summed E-state index contributed by atoms with van der Waals surface area (Å²) in [7, 11) is 4.48. The molecule has 1 fully saturated rings. The third-order valence-electron chi connectivity index (χ3n) is 5.77. The number of imide groups is 1. The van der Waals surface area contributed by atoms with Gasteiger partial charge in [0.05, 0.1) is 31.9 Å². The van der Waals surface area contributed by atoms with Crippen LogP contribution >= 0.6 is 11.8 Å². The van der Waals surface area contributed by atoms with Gasteiger partial charge in [-0.25, -0.2) is 0 Å². The third-order valence-corrected chi connectivity index (χ3v) is 6.68. The van der Waals surface area contributed by atoms with Crippen molar-refractivity contribution in [3.63, 3.8) is 0 Å². The zero-order valence-electron chi connectivity index (χ0n) is 22.5. The highest BCUT2D eigenvalue weighted by molar-refractivity contribution is 8.18. The molecule has 0 aromatic heterocycles. The highest BCUT2D eigenvalue weighted by Crippen LogP contribution is 2.34. The molecule has 3 aromatic rings. The number of hydrogen-bond acceptors (Lipinski definition) is 9. The lowest BCUT2D eigenvalue weighted by Crippen LogP contribution is -2.36. The van der Waals surface area contributed by atoms with E-state index in [2.05, 4.69) is 10.6 Å². The molecule has 2 N–H and O–H groups in total. The molecule has 41 heavy (non-hydrogen) atoms. The number of anilines is 2. The van der Waals surface area contributed by atoms with Crippen LogP contribution in [0.3, 0.4) is 0 Å². The third kappa shape index (κ3) is 7.37. The Labute approximate surface area is 240 Å². The van der Waals surface area contributed by atoms with E-state index in [4.69, 9.17) is 18.9 Å². The van der Waals surface area contributed by atoms with Crippen molar-refractivity contribution in [2.45, 2.75) is 0 Å². The van der Waals surface area contributed by atoms with E-state index in [0.29, 0.717) is 39.9 Å². The Kier molecular flexibility index (Phi) is 9.48. The van der Waals surface area contributed by atoms with Crippen molar-refractivity contribution in [2.24, 2.45) is 0 Å². The van der Waals surface area contributed by atoms with Crippen LogP contribution in [0.4, 0.5) is 16.2 Å². The van der Waals surface area contributed by atoms with Gasteiger partial charge in [0.2, 0.25) is 5.91 Å². The van der Waals surface area contributed by atoms with Crippen LogP contribution in [0.25, 0.3) is 6.08 Å². The first-order valence-corrected chi connectivity index (χ1v) is 13.1. The van der Waals surface area contributed by atoms with Gasteiger partial charge < -0.3 is 29.6 Å². The fourth-order valence-corrected chi connectivity index (χ4v) is 4.62. The van der Waals surface area contributed by atoms with Crippen LogP contribution in [0, 0.1) is 0 Å². The maximum Gasteiger partial charge on any atom is 0.294 e. The molecule has 0 spiro atoms. The standard InChI is InChI=1S/C29H27N3O8S/c1-37-20-11-9-19(10-12-20)30-26(33)16-32-28(35)25(41-29(32)36)15-18-8-13-23(24(14-18)39-3)40-17-27(34)31-21-6-4-5-7-22(21)38-2/h4-15H,16-17H2,1-3H3,(H,30,33)(H,31,34)/b25-15-. The molecule has 3 aromatic carbocycles. The summed E-state index contributed by atoms with van der Waals surface area (Å²) >= 11 is 0.732. The summed E-state index contributed by atoms with van der Waals surface area (Å²) in [6, 6.07) is 18.5. The van der Waals surface area contributed by atoms with E-state index in [-0.39, 0.29) is 11.5 Å².